The molecule has 2 aromatic rings. The van der Waals surface area contributed by atoms with Crippen LogP contribution >= 0.6 is 12.2 Å². The Morgan fingerprint density at radius 3 is 2.52 bits per heavy atom. The fourth-order valence-electron chi connectivity index (χ4n) is 4.18. The number of aliphatic hydroxyl groups excluding tert-OH is 1. The lowest BCUT2D eigenvalue weighted by molar-refractivity contribution is -0.137. The van der Waals surface area contributed by atoms with E-state index in [0.29, 0.717) is 0 Å². The Balaban J connectivity index is 1.84. The molecule has 12 heteroatoms. The van der Waals surface area contributed by atoms with Crippen LogP contribution < -0.4 is 15.5 Å². The fourth-order valence-corrected chi connectivity index (χ4v) is 4.68. The summed E-state index contributed by atoms with van der Waals surface area (Å²) in [5.41, 5.74) is 1.90. The van der Waals surface area contributed by atoms with Gasteiger partial charge in [-0.25, -0.2) is 4.39 Å². The molecule has 0 bridgehead atoms. The second-order valence-electron chi connectivity index (χ2n) is 7.64. The summed E-state index contributed by atoms with van der Waals surface area (Å²) in [4.78, 5) is 13.9. The van der Waals surface area contributed by atoms with E-state index in [9.17, 15) is 27.5 Å². The second kappa shape index (κ2) is 7.95. The molecule has 2 atom stereocenters. The van der Waals surface area contributed by atoms with Crippen LogP contribution in [0.15, 0.2) is 36.4 Å². The van der Waals surface area contributed by atoms with E-state index in [2.05, 4.69) is 0 Å². The number of primary amides is 1. The number of halogens is 4. The number of amides is 1. The largest absolute Gasteiger partial charge is 0.417 e. The van der Waals surface area contributed by atoms with Gasteiger partial charge in [0.05, 0.1) is 29.4 Å². The summed E-state index contributed by atoms with van der Waals surface area (Å²) >= 11 is 5.51. The molecule has 0 radical (unpaired) electrons. The predicted molar refractivity (Wildman–Crippen MR) is 113 cm³/mol. The first-order chi connectivity index (χ1) is 15.5. The van der Waals surface area contributed by atoms with Gasteiger partial charge >= 0.3 is 6.18 Å². The molecule has 1 unspecified atom stereocenters. The van der Waals surface area contributed by atoms with Crippen molar-refractivity contribution in [2.24, 2.45) is 5.73 Å². The van der Waals surface area contributed by atoms with Gasteiger partial charge in [0.25, 0.3) is 5.91 Å². The number of nitriles is 1. The normalized spacial score (nSPS) is 22.8. The summed E-state index contributed by atoms with van der Waals surface area (Å²) in [7, 11) is 0. The molecule has 0 saturated carbocycles. The van der Waals surface area contributed by atoms with Gasteiger partial charge in [-0.2, -0.15) is 18.4 Å². The van der Waals surface area contributed by atoms with Crippen molar-refractivity contribution >= 4 is 34.6 Å². The minimum Gasteiger partial charge on any atom is -0.379 e. The summed E-state index contributed by atoms with van der Waals surface area (Å²) in [6, 6.07) is 8.04. The monoisotopic (exact) mass is 480 g/mol. The highest BCUT2D eigenvalue weighted by Gasteiger charge is 2.58. The quantitative estimate of drug-likeness (QED) is 0.515. The van der Waals surface area contributed by atoms with Crippen molar-refractivity contribution in [2.75, 3.05) is 23.0 Å². The number of nitrogens with two attached hydrogens (primary N) is 1. The van der Waals surface area contributed by atoms with Crippen LogP contribution in [0.25, 0.3) is 0 Å². The predicted octanol–water partition coefficient (Wildman–Crippen LogP) is 2.90. The minimum atomic E-state index is -4.81. The summed E-state index contributed by atoms with van der Waals surface area (Å²) in [6.07, 6.45) is -6.01. The zero-order valence-corrected chi connectivity index (χ0v) is 17.6. The number of thiocarbonyl (C=S) groups is 1. The van der Waals surface area contributed by atoms with Gasteiger partial charge in [0.15, 0.2) is 11.3 Å². The van der Waals surface area contributed by atoms with Gasteiger partial charge in [-0.05, 0) is 48.6 Å². The molecule has 2 aliphatic rings. The van der Waals surface area contributed by atoms with Gasteiger partial charge in [-0.3, -0.25) is 9.69 Å². The van der Waals surface area contributed by atoms with Crippen LogP contribution in [0.4, 0.5) is 28.9 Å². The van der Waals surface area contributed by atoms with Crippen LogP contribution in [-0.4, -0.2) is 41.1 Å². The first-order valence-electron chi connectivity index (χ1n) is 9.61. The summed E-state index contributed by atoms with van der Waals surface area (Å²) in [5, 5.41) is 20.2. The van der Waals surface area contributed by atoms with Gasteiger partial charge in [0.1, 0.15) is 11.4 Å². The van der Waals surface area contributed by atoms with E-state index in [0.717, 1.165) is 29.2 Å². The van der Waals surface area contributed by atoms with Crippen LogP contribution in [0.2, 0.25) is 0 Å². The number of carbonyl (C=O) groups excluding carboxylic acids is 1. The molecule has 2 aliphatic heterocycles. The fraction of sp³-hybridized carbons (Fsp3) is 0.286. The van der Waals surface area contributed by atoms with Gasteiger partial charge < -0.3 is 20.5 Å². The topological polar surface area (TPSA) is 103 Å². The summed E-state index contributed by atoms with van der Waals surface area (Å²) < 4.78 is 60.5. The molecular formula is C21H16F4N4O3S. The third-order valence-electron chi connectivity index (χ3n) is 5.78. The first kappa shape index (κ1) is 22.9. The smallest absolute Gasteiger partial charge is 0.379 e. The third kappa shape index (κ3) is 3.58. The van der Waals surface area contributed by atoms with Gasteiger partial charge in [0, 0.05) is 24.4 Å². The average molecular weight is 480 g/mol. The number of aliphatic hydroxyl groups is 1. The Morgan fingerprint density at radius 1 is 1.27 bits per heavy atom. The Morgan fingerprint density at radius 2 is 1.97 bits per heavy atom. The molecular weight excluding hydrogens is 464 g/mol. The van der Waals surface area contributed by atoms with Crippen molar-refractivity contribution in [2.45, 2.75) is 24.4 Å². The number of hydrogen-bond donors (Lipinski definition) is 2. The maximum atomic E-state index is 14.5. The van der Waals surface area contributed by atoms with E-state index in [-0.39, 0.29) is 41.7 Å². The highest BCUT2D eigenvalue weighted by atomic mass is 32.1. The molecule has 2 heterocycles. The SMILES string of the molecule is N#Cc1ccc(N2C(=S)N(c3ccc(C(N)=O)c(F)c3)[C@@]3(CCOC3)C2O)cc1C(F)(F)F. The molecule has 7 nitrogen and oxygen atoms in total. The molecule has 3 N–H and O–H groups in total. The Kier molecular flexibility index (Phi) is 5.52. The molecule has 2 fully saturated rings. The minimum absolute atomic E-state index is 0.0353. The second-order valence-corrected chi connectivity index (χ2v) is 8.00. The maximum Gasteiger partial charge on any atom is 0.417 e. The van der Waals surface area contributed by atoms with Crippen molar-refractivity contribution in [1.29, 1.82) is 5.26 Å². The average Bonchev–Trinajstić information content (AvgIpc) is 3.31. The van der Waals surface area contributed by atoms with E-state index < -0.39 is 40.8 Å². The van der Waals surface area contributed by atoms with Crippen LogP contribution in [-0.2, 0) is 10.9 Å². The number of anilines is 2. The lowest BCUT2D eigenvalue weighted by atomic mass is 9.94. The summed E-state index contributed by atoms with van der Waals surface area (Å²) in [6.45, 7) is 0.194. The number of nitrogens with zero attached hydrogens (tertiary/aromatic N) is 3. The summed E-state index contributed by atoms with van der Waals surface area (Å²) in [5.74, 6) is -1.89. The van der Waals surface area contributed by atoms with E-state index in [1.54, 1.807) is 0 Å². The molecule has 1 spiro atoms. The molecule has 1 amide bonds. The van der Waals surface area contributed by atoms with Crippen molar-refractivity contribution < 1.29 is 32.2 Å². The van der Waals surface area contributed by atoms with E-state index >= 15 is 0 Å². The number of carbonyl (C=O) groups is 1. The Bertz CT molecular complexity index is 1190. The molecule has 0 aliphatic carbocycles. The first-order valence-corrected chi connectivity index (χ1v) is 10.0. The lowest BCUT2D eigenvalue weighted by Crippen LogP contribution is -2.53. The number of alkyl halides is 3. The highest BCUT2D eigenvalue weighted by Crippen LogP contribution is 2.45. The lowest BCUT2D eigenvalue weighted by Gasteiger charge is -2.35. The molecule has 4 rings (SSSR count). The van der Waals surface area contributed by atoms with E-state index in [1.807, 2.05) is 0 Å². The zero-order valence-electron chi connectivity index (χ0n) is 16.8. The van der Waals surface area contributed by atoms with Crippen LogP contribution in [0.3, 0.4) is 0 Å². The van der Waals surface area contributed by atoms with Crippen LogP contribution in [0.5, 0.6) is 0 Å². The number of hydrogen-bond acceptors (Lipinski definition) is 5. The van der Waals surface area contributed by atoms with Crippen molar-refractivity contribution in [1.82, 2.24) is 0 Å². The molecule has 33 heavy (non-hydrogen) atoms. The zero-order chi connectivity index (χ0) is 24.1. The van der Waals surface area contributed by atoms with Crippen LogP contribution in [0.1, 0.15) is 27.9 Å². The number of ether oxygens (including phenoxy) is 1. The standard InChI is InChI=1S/C21H16F4N4O3S/c22-16-8-13(3-4-14(16)17(27)30)29-19(33)28(18(31)20(29)5-6-32-10-20)12-2-1-11(9-26)15(7-12)21(23,24)25/h1-4,7-8,18,31H,5-6,10H2,(H2,27,30)/t18?,20-/m1/s1. The molecule has 172 valence electrons. The van der Waals surface area contributed by atoms with Crippen molar-refractivity contribution in [3.05, 3.63) is 58.9 Å². The van der Waals surface area contributed by atoms with Gasteiger partial charge in [0.2, 0.25) is 0 Å². The molecule has 2 aromatic carbocycles. The highest BCUT2D eigenvalue weighted by molar-refractivity contribution is 7.80. The molecule has 2 saturated heterocycles. The maximum absolute atomic E-state index is 14.5. The Labute approximate surface area is 190 Å². The Hall–Kier alpha value is -3.27. The van der Waals surface area contributed by atoms with E-state index in [4.69, 9.17) is 28.0 Å². The van der Waals surface area contributed by atoms with Crippen LogP contribution in [0, 0.1) is 17.1 Å². The van der Waals surface area contributed by atoms with Gasteiger partial charge in [-0.1, -0.05) is 0 Å². The molecule has 0 aromatic heterocycles. The number of rotatable bonds is 3. The third-order valence-corrected chi connectivity index (χ3v) is 6.16. The van der Waals surface area contributed by atoms with Crippen molar-refractivity contribution in [3.8, 4) is 6.07 Å². The van der Waals surface area contributed by atoms with Crippen molar-refractivity contribution in [3.63, 3.8) is 0 Å². The van der Waals surface area contributed by atoms with E-state index in [1.165, 1.54) is 23.1 Å². The number of benzene rings is 2. The van der Waals surface area contributed by atoms with Gasteiger partial charge in [-0.15, -0.1) is 0 Å².